The lowest BCUT2D eigenvalue weighted by molar-refractivity contribution is 0.0651. The highest BCUT2D eigenvalue weighted by atomic mass is 35.5. The fraction of sp³-hybridized carbons (Fsp3) is 0.250. The smallest absolute Gasteiger partial charge is 0.371 e. The Bertz CT molecular complexity index is 742. The van der Waals surface area contributed by atoms with E-state index in [2.05, 4.69) is 0 Å². The van der Waals surface area contributed by atoms with Gasteiger partial charge in [-0.25, -0.2) is 4.79 Å². The van der Waals surface area contributed by atoms with Crippen LogP contribution in [-0.4, -0.2) is 41.1 Å². The van der Waals surface area contributed by atoms with Crippen LogP contribution >= 0.6 is 11.6 Å². The van der Waals surface area contributed by atoms with E-state index in [9.17, 15) is 9.59 Å². The predicted octanol–water partition coefficient (Wildman–Crippen LogP) is 2.92. The number of nitrogens with zero attached hydrogens (tertiary/aromatic N) is 1. The normalized spacial score (nSPS) is 17.3. The van der Waals surface area contributed by atoms with Gasteiger partial charge in [-0.3, -0.25) is 4.79 Å². The molecule has 0 saturated carbocycles. The summed E-state index contributed by atoms with van der Waals surface area (Å²) in [6.07, 6.45) is 0.552. The fourth-order valence-electron chi connectivity index (χ4n) is 2.47. The summed E-state index contributed by atoms with van der Waals surface area (Å²) in [7, 11) is 0. The Balaban J connectivity index is 1.62. The molecular formula is C16H14ClNO5. The van der Waals surface area contributed by atoms with Crippen molar-refractivity contribution in [3.63, 3.8) is 0 Å². The Kier molecular flexibility index (Phi) is 4.25. The number of benzene rings is 1. The van der Waals surface area contributed by atoms with E-state index in [1.54, 1.807) is 23.1 Å². The van der Waals surface area contributed by atoms with Crippen LogP contribution < -0.4 is 4.74 Å². The van der Waals surface area contributed by atoms with E-state index < -0.39 is 5.97 Å². The molecule has 0 bridgehead atoms. The van der Waals surface area contributed by atoms with Gasteiger partial charge in [0.1, 0.15) is 11.9 Å². The van der Waals surface area contributed by atoms with Gasteiger partial charge in [-0.15, -0.1) is 0 Å². The highest BCUT2D eigenvalue weighted by Crippen LogP contribution is 2.23. The van der Waals surface area contributed by atoms with Crippen LogP contribution in [0.15, 0.2) is 40.8 Å². The van der Waals surface area contributed by atoms with E-state index in [-0.39, 0.29) is 23.5 Å². The maximum Gasteiger partial charge on any atom is 0.371 e. The molecule has 0 aliphatic carbocycles. The average Bonchev–Trinajstić information content (AvgIpc) is 3.15. The fourth-order valence-corrected chi connectivity index (χ4v) is 2.65. The number of carbonyl (C=O) groups is 2. The first-order chi connectivity index (χ1) is 11.0. The molecule has 2 aromatic rings. The van der Waals surface area contributed by atoms with Gasteiger partial charge in [-0.05, 0) is 30.3 Å². The molecule has 0 spiro atoms. The van der Waals surface area contributed by atoms with Crippen molar-refractivity contribution in [2.45, 2.75) is 12.5 Å². The SMILES string of the molecule is O=C(O)c1ccc(C(=O)N2CCC(Oc3cccc(Cl)c3)C2)o1. The van der Waals surface area contributed by atoms with Crippen LogP contribution in [0.3, 0.4) is 0 Å². The van der Waals surface area contributed by atoms with Crippen molar-refractivity contribution in [2.24, 2.45) is 0 Å². The molecule has 1 unspecified atom stereocenters. The summed E-state index contributed by atoms with van der Waals surface area (Å²) >= 11 is 5.91. The topological polar surface area (TPSA) is 80.0 Å². The first-order valence-electron chi connectivity index (χ1n) is 7.07. The second-order valence-electron chi connectivity index (χ2n) is 5.21. The quantitative estimate of drug-likeness (QED) is 0.929. The summed E-state index contributed by atoms with van der Waals surface area (Å²) in [6, 6.07) is 9.73. The van der Waals surface area contributed by atoms with Crippen molar-refractivity contribution in [1.82, 2.24) is 4.90 Å². The van der Waals surface area contributed by atoms with Crippen molar-refractivity contribution >= 4 is 23.5 Å². The zero-order valence-electron chi connectivity index (χ0n) is 12.1. The summed E-state index contributed by atoms with van der Waals surface area (Å²) in [4.78, 5) is 24.7. The molecule has 1 aliphatic heterocycles. The Morgan fingerprint density at radius 2 is 2.04 bits per heavy atom. The highest BCUT2D eigenvalue weighted by Gasteiger charge is 2.30. The second kappa shape index (κ2) is 6.34. The Morgan fingerprint density at radius 3 is 2.74 bits per heavy atom. The zero-order chi connectivity index (χ0) is 16.4. The number of rotatable bonds is 4. The number of carbonyl (C=O) groups excluding carboxylic acids is 1. The monoisotopic (exact) mass is 335 g/mol. The number of likely N-dealkylation sites (tertiary alicyclic amines) is 1. The van der Waals surface area contributed by atoms with Crippen molar-refractivity contribution in [3.05, 3.63) is 52.9 Å². The first-order valence-corrected chi connectivity index (χ1v) is 7.45. The van der Waals surface area contributed by atoms with Crippen molar-refractivity contribution in [3.8, 4) is 5.75 Å². The molecule has 1 atom stereocenters. The second-order valence-corrected chi connectivity index (χ2v) is 5.64. The lowest BCUT2D eigenvalue weighted by atomic mass is 10.3. The molecule has 1 aromatic heterocycles. The molecular weight excluding hydrogens is 322 g/mol. The lowest BCUT2D eigenvalue weighted by Gasteiger charge is -2.16. The van der Waals surface area contributed by atoms with Crippen molar-refractivity contribution in [2.75, 3.05) is 13.1 Å². The molecule has 120 valence electrons. The molecule has 1 aromatic carbocycles. The number of aromatic carboxylic acids is 1. The highest BCUT2D eigenvalue weighted by molar-refractivity contribution is 6.30. The Morgan fingerprint density at radius 1 is 1.26 bits per heavy atom. The van der Waals surface area contributed by atoms with Gasteiger partial charge in [0.25, 0.3) is 5.91 Å². The Hall–Kier alpha value is -2.47. The molecule has 23 heavy (non-hydrogen) atoms. The minimum atomic E-state index is -1.20. The third kappa shape index (κ3) is 3.48. The lowest BCUT2D eigenvalue weighted by Crippen LogP contribution is -2.30. The number of hydrogen-bond acceptors (Lipinski definition) is 4. The third-order valence-electron chi connectivity index (χ3n) is 3.56. The third-order valence-corrected chi connectivity index (χ3v) is 3.79. The maximum atomic E-state index is 12.3. The number of carboxylic acids is 1. The molecule has 1 aliphatic rings. The summed E-state index contributed by atoms with van der Waals surface area (Å²) in [6.45, 7) is 0.932. The van der Waals surface area contributed by atoms with Crippen LogP contribution in [0.2, 0.25) is 5.02 Å². The standard InChI is InChI=1S/C16H14ClNO5/c17-10-2-1-3-11(8-10)22-12-6-7-18(9-12)15(19)13-4-5-14(23-13)16(20)21/h1-5,8,12H,6-7,9H2,(H,20,21). The number of furan rings is 1. The van der Waals surface area contributed by atoms with Gasteiger partial charge >= 0.3 is 5.97 Å². The molecule has 0 radical (unpaired) electrons. The van der Waals surface area contributed by atoms with Crippen LogP contribution in [0, 0.1) is 0 Å². The van der Waals surface area contributed by atoms with Crippen molar-refractivity contribution < 1.29 is 23.8 Å². The minimum Gasteiger partial charge on any atom is -0.488 e. The van der Waals surface area contributed by atoms with Crippen LogP contribution in [-0.2, 0) is 0 Å². The number of amides is 1. The molecule has 1 amide bonds. The number of hydrogen-bond donors (Lipinski definition) is 1. The van der Waals surface area contributed by atoms with Crippen LogP contribution in [0.1, 0.15) is 27.5 Å². The number of carboxylic acid groups (broad SMARTS) is 1. The summed E-state index contributed by atoms with van der Waals surface area (Å²) in [5.41, 5.74) is 0. The molecule has 1 fully saturated rings. The van der Waals surface area contributed by atoms with Gasteiger partial charge in [-0.1, -0.05) is 17.7 Å². The number of ether oxygens (including phenoxy) is 1. The average molecular weight is 336 g/mol. The Labute approximate surface area is 137 Å². The van der Waals surface area contributed by atoms with E-state index in [4.69, 9.17) is 25.9 Å². The van der Waals surface area contributed by atoms with E-state index in [0.29, 0.717) is 30.3 Å². The van der Waals surface area contributed by atoms with Gasteiger partial charge < -0.3 is 19.2 Å². The maximum absolute atomic E-state index is 12.3. The molecule has 1 saturated heterocycles. The van der Waals surface area contributed by atoms with Gasteiger partial charge in [-0.2, -0.15) is 0 Å². The van der Waals surface area contributed by atoms with Crippen molar-refractivity contribution in [1.29, 1.82) is 0 Å². The van der Waals surface area contributed by atoms with E-state index >= 15 is 0 Å². The van der Waals surface area contributed by atoms with E-state index in [1.165, 1.54) is 12.1 Å². The van der Waals surface area contributed by atoms with E-state index in [0.717, 1.165) is 0 Å². The molecule has 6 nitrogen and oxygen atoms in total. The zero-order valence-corrected chi connectivity index (χ0v) is 12.8. The van der Waals surface area contributed by atoms with Gasteiger partial charge in [0.15, 0.2) is 5.76 Å². The largest absolute Gasteiger partial charge is 0.488 e. The molecule has 7 heteroatoms. The van der Waals surface area contributed by atoms with Crippen LogP contribution in [0.25, 0.3) is 0 Å². The van der Waals surface area contributed by atoms with Gasteiger partial charge in [0, 0.05) is 18.0 Å². The van der Waals surface area contributed by atoms with Crippen LogP contribution in [0.4, 0.5) is 0 Å². The summed E-state index contributed by atoms with van der Waals surface area (Å²) < 4.78 is 10.9. The van der Waals surface area contributed by atoms with E-state index in [1.807, 2.05) is 6.07 Å². The van der Waals surface area contributed by atoms with Gasteiger partial charge in [0.2, 0.25) is 5.76 Å². The summed E-state index contributed by atoms with van der Waals surface area (Å²) in [5.74, 6) is -1.12. The van der Waals surface area contributed by atoms with Gasteiger partial charge in [0.05, 0.1) is 6.54 Å². The molecule has 2 heterocycles. The van der Waals surface area contributed by atoms with Crippen LogP contribution in [0.5, 0.6) is 5.75 Å². The molecule has 3 rings (SSSR count). The summed E-state index contributed by atoms with van der Waals surface area (Å²) in [5, 5.41) is 9.41. The first kappa shape index (κ1) is 15.4. The molecule has 1 N–H and O–H groups in total. The predicted molar refractivity (Wildman–Crippen MR) is 82.1 cm³/mol. The number of halogens is 1. The minimum absolute atomic E-state index is 0.0193.